The first-order valence-electron chi connectivity index (χ1n) is 7.16. The molecule has 1 amide bonds. The molecule has 6 heteroatoms. The number of carbonyl (C=O) groups is 1. The fraction of sp³-hybridized carbons (Fsp3) is 0.533. The first-order valence-corrected chi connectivity index (χ1v) is 7.16. The molecule has 0 aliphatic carbocycles. The van der Waals surface area contributed by atoms with Crippen LogP contribution in [0.15, 0.2) is 18.2 Å². The number of ether oxygens (including phenoxy) is 1. The summed E-state index contributed by atoms with van der Waals surface area (Å²) < 4.78 is 19.1. The van der Waals surface area contributed by atoms with E-state index >= 15 is 0 Å². The van der Waals surface area contributed by atoms with Crippen molar-refractivity contribution in [3.63, 3.8) is 0 Å². The van der Waals surface area contributed by atoms with Crippen LogP contribution >= 0.6 is 0 Å². The predicted octanol–water partition coefficient (Wildman–Crippen LogP) is 0.886. The van der Waals surface area contributed by atoms with E-state index in [1.165, 1.54) is 6.07 Å². The molecular formula is C15H22FN3O2. The Bertz CT molecular complexity index is 496. The third kappa shape index (κ3) is 3.71. The van der Waals surface area contributed by atoms with E-state index in [1.54, 1.807) is 13.2 Å². The van der Waals surface area contributed by atoms with Crippen LogP contribution in [0.1, 0.15) is 12.5 Å². The lowest BCUT2D eigenvalue weighted by molar-refractivity contribution is -0.122. The molecule has 1 aliphatic heterocycles. The quantitative estimate of drug-likeness (QED) is 0.765. The first kappa shape index (κ1) is 15.7. The number of benzene rings is 1. The van der Waals surface area contributed by atoms with Crippen LogP contribution in [0.25, 0.3) is 0 Å². The first-order chi connectivity index (χ1) is 10.1. The molecule has 116 valence electrons. The van der Waals surface area contributed by atoms with Crippen molar-refractivity contribution in [1.82, 2.24) is 10.6 Å². The van der Waals surface area contributed by atoms with E-state index in [4.69, 9.17) is 4.74 Å². The van der Waals surface area contributed by atoms with Crippen LogP contribution in [0.3, 0.4) is 0 Å². The van der Waals surface area contributed by atoms with E-state index < -0.39 is 0 Å². The molecule has 1 saturated heterocycles. The van der Waals surface area contributed by atoms with Crippen LogP contribution in [-0.4, -0.2) is 45.3 Å². The molecule has 1 fully saturated rings. The summed E-state index contributed by atoms with van der Waals surface area (Å²) in [5, 5.41) is 5.98. The average molecular weight is 295 g/mol. The van der Waals surface area contributed by atoms with Crippen molar-refractivity contribution in [2.45, 2.75) is 19.5 Å². The molecule has 1 aliphatic rings. The standard InChI is InChI=1S/C15H22FN3O2/c1-11-15(20)18-6-8-19(11)14-5-3-4-13(16)12(14)10-17-7-9-21-2/h3-5,11,17H,6-10H2,1-2H3,(H,18,20). The molecule has 0 saturated carbocycles. The van der Waals surface area contributed by atoms with Gasteiger partial charge in [0.15, 0.2) is 0 Å². The number of hydrogen-bond acceptors (Lipinski definition) is 4. The van der Waals surface area contributed by atoms with E-state index in [1.807, 2.05) is 17.9 Å². The second-order valence-corrected chi connectivity index (χ2v) is 5.07. The van der Waals surface area contributed by atoms with Crippen molar-refractivity contribution < 1.29 is 13.9 Å². The fourth-order valence-electron chi connectivity index (χ4n) is 2.49. The van der Waals surface area contributed by atoms with Crippen LogP contribution in [-0.2, 0) is 16.1 Å². The number of anilines is 1. The van der Waals surface area contributed by atoms with Gasteiger partial charge < -0.3 is 20.3 Å². The minimum atomic E-state index is -0.293. The molecule has 1 unspecified atom stereocenters. The fourth-order valence-corrected chi connectivity index (χ4v) is 2.49. The normalized spacial score (nSPS) is 18.7. The number of nitrogens with zero attached hydrogens (tertiary/aromatic N) is 1. The zero-order valence-corrected chi connectivity index (χ0v) is 12.5. The van der Waals surface area contributed by atoms with Gasteiger partial charge in [0.25, 0.3) is 0 Å². The Hall–Kier alpha value is -1.66. The number of piperazine rings is 1. The van der Waals surface area contributed by atoms with Gasteiger partial charge in [0, 0.05) is 44.5 Å². The summed E-state index contributed by atoms with van der Waals surface area (Å²) in [5.41, 5.74) is 1.37. The minimum Gasteiger partial charge on any atom is -0.383 e. The van der Waals surface area contributed by atoms with Gasteiger partial charge in [-0.15, -0.1) is 0 Å². The second-order valence-electron chi connectivity index (χ2n) is 5.07. The Morgan fingerprint density at radius 2 is 2.33 bits per heavy atom. The van der Waals surface area contributed by atoms with Crippen molar-refractivity contribution in [2.75, 3.05) is 38.3 Å². The lowest BCUT2D eigenvalue weighted by atomic mass is 10.1. The molecule has 1 atom stereocenters. The molecule has 1 aromatic rings. The number of nitrogens with one attached hydrogen (secondary N) is 2. The van der Waals surface area contributed by atoms with Gasteiger partial charge in [-0.25, -0.2) is 4.39 Å². The van der Waals surface area contributed by atoms with Gasteiger partial charge in [-0.1, -0.05) is 6.07 Å². The monoisotopic (exact) mass is 295 g/mol. The molecule has 2 rings (SSSR count). The Balaban J connectivity index is 2.18. The maximum Gasteiger partial charge on any atom is 0.242 e. The highest BCUT2D eigenvalue weighted by Crippen LogP contribution is 2.26. The van der Waals surface area contributed by atoms with E-state index in [0.717, 1.165) is 5.69 Å². The summed E-state index contributed by atoms with van der Waals surface area (Å²) in [5.74, 6) is -0.278. The second kappa shape index (κ2) is 7.38. The van der Waals surface area contributed by atoms with Gasteiger partial charge in [0.1, 0.15) is 11.9 Å². The summed E-state index contributed by atoms with van der Waals surface area (Å²) in [7, 11) is 1.63. The number of methoxy groups -OCH3 is 1. The van der Waals surface area contributed by atoms with Gasteiger partial charge in [0.2, 0.25) is 5.91 Å². The molecule has 5 nitrogen and oxygen atoms in total. The summed E-state index contributed by atoms with van der Waals surface area (Å²) in [6, 6.07) is 4.71. The molecule has 2 N–H and O–H groups in total. The Morgan fingerprint density at radius 3 is 3.10 bits per heavy atom. The van der Waals surface area contributed by atoms with Gasteiger partial charge in [-0.05, 0) is 19.1 Å². The molecule has 0 radical (unpaired) electrons. The van der Waals surface area contributed by atoms with E-state index in [-0.39, 0.29) is 17.8 Å². The highest BCUT2D eigenvalue weighted by Gasteiger charge is 2.27. The third-order valence-corrected chi connectivity index (χ3v) is 3.69. The smallest absolute Gasteiger partial charge is 0.242 e. The number of rotatable bonds is 6. The van der Waals surface area contributed by atoms with Crippen molar-refractivity contribution in [3.05, 3.63) is 29.6 Å². The number of halogens is 1. The molecule has 0 bridgehead atoms. The molecule has 0 aromatic heterocycles. The number of amides is 1. The largest absolute Gasteiger partial charge is 0.383 e. The van der Waals surface area contributed by atoms with Crippen LogP contribution in [0.4, 0.5) is 10.1 Å². The number of hydrogen-bond donors (Lipinski definition) is 2. The minimum absolute atomic E-state index is 0.0243. The maximum absolute atomic E-state index is 14.1. The van der Waals surface area contributed by atoms with Crippen molar-refractivity contribution in [1.29, 1.82) is 0 Å². The third-order valence-electron chi connectivity index (χ3n) is 3.69. The summed E-state index contributed by atoms with van der Waals surface area (Å²) >= 11 is 0. The van der Waals surface area contributed by atoms with Crippen LogP contribution in [0, 0.1) is 5.82 Å². The molecule has 21 heavy (non-hydrogen) atoms. The van der Waals surface area contributed by atoms with Crippen molar-refractivity contribution in [2.24, 2.45) is 0 Å². The maximum atomic E-state index is 14.1. The number of carbonyl (C=O) groups excluding carboxylic acids is 1. The van der Waals surface area contributed by atoms with Gasteiger partial charge >= 0.3 is 0 Å². The topological polar surface area (TPSA) is 53.6 Å². The molecule has 1 aromatic carbocycles. The highest BCUT2D eigenvalue weighted by atomic mass is 19.1. The zero-order valence-electron chi connectivity index (χ0n) is 12.5. The highest BCUT2D eigenvalue weighted by molar-refractivity contribution is 5.86. The average Bonchev–Trinajstić information content (AvgIpc) is 2.48. The van der Waals surface area contributed by atoms with Gasteiger partial charge in [-0.2, -0.15) is 0 Å². The van der Waals surface area contributed by atoms with E-state index in [9.17, 15) is 9.18 Å². The Kier molecular flexibility index (Phi) is 5.52. The zero-order chi connectivity index (χ0) is 15.2. The summed E-state index contributed by atoms with van der Waals surface area (Å²) in [4.78, 5) is 13.7. The van der Waals surface area contributed by atoms with E-state index in [0.29, 0.717) is 38.3 Å². The van der Waals surface area contributed by atoms with Gasteiger partial charge in [0.05, 0.1) is 6.61 Å². The molecular weight excluding hydrogens is 273 g/mol. The lowest BCUT2D eigenvalue weighted by Crippen LogP contribution is -2.54. The van der Waals surface area contributed by atoms with Crippen LogP contribution in [0.5, 0.6) is 0 Å². The SMILES string of the molecule is COCCNCc1c(F)cccc1N1CCNC(=O)C1C. The molecule has 0 spiro atoms. The van der Waals surface area contributed by atoms with Crippen LogP contribution in [0.2, 0.25) is 0 Å². The summed E-state index contributed by atoms with van der Waals surface area (Å²) in [6.07, 6.45) is 0. The van der Waals surface area contributed by atoms with Crippen molar-refractivity contribution >= 4 is 11.6 Å². The van der Waals surface area contributed by atoms with Gasteiger partial charge in [-0.3, -0.25) is 4.79 Å². The van der Waals surface area contributed by atoms with Crippen molar-refractivity contribution in [3.8, 4) is 0 Å². The summed E-state index contributed by atoms with van der Waals surface area (Å²) in [6.45, 7) is 4.74. The lowest BCUT2D eigenvalue weighted by Gasteiger charge is -2.36. The van der Waals surface area contributed by atoms with E-state index in [2.05, 4.69) is 10.6 Å². The Labute approximate surface area is 124 Å². The Morgan fingerprint density at radius 1 is 1.52 bits per heavy atom. The molecule has 1 heterocycles. The van der Waals surface area contributed by atoms with Crippen LogP contribution < -0.4 is 15.5 Å². The predicted molar refractivity (Wildman–Crippen MR) is 79.8 cm³/mol.